The Kier molecular flexibility index (Phi) is 4.41. The quantitative estimate of drug-likeness (QED) is 0.849. The molecule has 2 aromatic rings. The van der Waals surface area contributed by atoms with Gasteiger partial charge in [-0.1, -0.05) is 12.1 Å². The summed E-state index contributed by atoms with van der Waals surface area (Å²) < 4.78 is 1.74. The van der Waals surface area contributed by atoms with Gasteiger partial charge < -0.3 is 10.4 Å². The molecule has 0 spiro atoms. The van der Waals surface area contributed by atoms with Crippen LogP contribution < -0.4 is 5.32 Å². The number of benzene rings is 1. The summed E-state index contributed by atoms with van der Waals surface area (Å²) in [4.78, 5) is 23.1. The van der Waals surface area contributed by atoms with E-state index < -0.39 is 11.9 Å². The van der Waals surface area contributed by atoms with Crippen molar-refractivity contribution in [2.75, 3.05) is 5.32 Å². The SMILES string of the molecule is Cc1nn(C)c(C)c1C=CC(=O)Nc1ccccc1C(=O)O. The number of nitrogens with zero attached hydrogens (tertiary/aromatic N) is 2. The fraction of sp³-hybridized carbons (Fsp3) is 0.188. The van der Waals surface area contributed by atoms with Crippen molar-refractivity contribution in [2.45, 2.75) is 13.8 Å². The number of amides is 1. The van der Waals surface area contributed by atoms with Crippen LogP contribution in [0.5, 0.6) is 0 Å². The Morgan fingerprint density at radius 2 is 1.95 bits per heavy atom. The van der Waals surface area contributed by atoms with Gasteiger partial charge >= 0.3 is 5.97 Å². The van der Waals surface area contributed by atoms with Gasteiger partial charge in [0.2, 0.25) is 5.91 Å². The highest BCUT2D eigenvalue weighted by molar-refractivity contribution is 6.06. The predicted octanol–water partition coefficient (Wildman–Crippen LogP) is 2.39. The third-order valence-corrected chi connectivity index (χ3v) is 3.38. The number of nitrogens with one attached hydrogen (secondary N) is 1. The van der Waals surface area contributed by atoms with Crippen LogP contribution in [0.4, 0.5) is 5.69 Å². The fourth-order valence-electron chi connectivity index (χ4n) is 2.14. The summed E-state index contributed by atoms with van der Waals surface area (Å²) >= 11 is 0. The zero-order valence-corrected chi connectivity index (χ0v) is 12.6. The number of aromatic carboxylic acids is 1. The second-order valence-corrected chi connectivity index (χ2v) is 4.88. The molecule has 0 aliphatic carbocycles. The minimum absolute atomic E-state index is 0.0537. The van der Waals surface area contributed by atoms with Gasteiger partial charge in [0.25, 0.3) is 0 Å². The van der Waals surface area contributed by atoms with Crippen LogP contribution in [0.15, 0.2) is 30.3 Å². The van der Waals surface area contributed by atoms with Gasteiger partial charge in [0.15, 0.2) is 0 Å². The van der Waals surface area contributed by atoms with Crippen LogP contribution in [0, 0.1) is 13.8 Å². The van der Waals surface area contributed by atoms with E-state index in [2.05, 4.69) is 10.4 Å². The molecule has 6 nitrogen and oxygen atoms in total. The minimum atomic E-state index is -1.08. The van der Waals surface area contributed by atoms with E-state index in [0.717, 1.165) is 17.0 Å². The highest BCUT2D eigenvalue weighted by atomic mass is 16.4. The van der Waals surface area contributed by atoms with Gasteiger partial charge in [0.1, 0.15) is 0 Å². The number of anilines is 1. The van der Waals surface area contributed by atoms with Crippen LogP contribution in [-0.2, 0) is 11.8 Å². The van der Waals surface area contributed by atoms with E-state index in [9.17, 15) is 9.59 Å². The van der Waals surface area contributed by atoms with Crippen molar-refractivity contribution in [1.82, 2.24) is 9.78 Å². The summed E-state index contributed by atoms with van der Waals surface area (Å²) in [6.07, 6.45) is 3.05. The molecule has 0 saturated heterocycles. The monoisotopic (exact) mass is 299 g/mol. The first kappa shape index (κ1) is 15.5. The third kappa shape index (κ3) is 3.22. The maximum atomic E-state index is 12.0. The highest BCUT2D eigenvalue weighted by Crippen LogP contribution is 2.16. The number of hydrogen-bond acceptors (Lipinski definition) is 3. The van der Waals surface area contributed by atoms with Crippen molar-refractivity contribution in [3.8, 4) is 0 Å². The number of rotatable bonds is 4. The van der Waals surface area contributed by atoms with E-state index in [0.29, 0.717) is 0 Å². The molecule has 0 fully saturated rings. The molecule has 0 unspecified atom stereocenters. The largest absolute Gasteiger partial charge is 0.478 e. The summed E-state index contributed by atoms with van der Waals surface area (Å²) in [5, 5.41) is 15.9. The molecule has 2 rings (SSSR count). The van der Waals surface area contributed by atoms with E-state index in [1.165, 1.54) is 12.1 Å². The number of hydrogen-bond donors (Lipinski definition) is 2. The molecule has 1 amide bonds. The number of aryl methyl sites for hydroxylation is 2. The second kappa shape index (κ2) is 6.26. The molecular weight excluding hydrogens is 282 g/mol. The average molecular weight is 299 g/mol. The summed E-state index contributed by atoms with van der Waals surface area (Å²) in [6, 6.07) is 6.27. The van der Waals surface area contributed by atoms with Crippen LogP contribution in [0.3, 0.4) is 0 Å². The number of aromatic nitrogens is 2. The second-order valence-electron chi connectivity index (χ2n) is 4.88. The topological polar surface area (TPSA) is 84.2 Å². The molecule has 1 aromatic carbocycles. The summed E-state index contributed by atoms with van der Waals surface area (Å²) in [5.74, 6) is -1.48. The van der Waals surface area contributed by atoms with Crippen molar-refractivity contribution in [1.29, 1.82) is 0 Å². The first-order valence-electron chi connectivity index (χ1n) is 6.71. The molecular formula is C16H17N3O3. The average Bonchev–Trinajstić information content (AvgIpc) is 2.70. The lowest BCUT2D eigenvalue weighted by molar-refractivity contribution is -0.111. The molecule has 0 bridgehead atoms. The Hall–Kier alpha value is -2.89. The van der Waals surface area contributed by atoms with Gasteiger partial charge in [-0.05, 0) is 32.1 Å². The number of carboxylic acids is 1. The molecule has 0 aliphatic rings. The maximum absolute atomic E-state index is 12.0. The number of para-hydroxylation sites is 1. The number of carbonyl (C=O) groups is 2. The molecule has 0 aliphatic heterocycles. The van der Waals surface area contributed by atoms with E-state index in [1.807, 2.05) is 20.9 Å². The Labute approximate surface area is 128 Å². The smallest absolute Gasteiger partial charge is 0.337 e. The molecule has 1 heterocycles. The van der Waals surface area contributed by atoms with Gasteiger partial charge in [0, 0.05) is 24.4 Å². The molecule has 0 radical (unpaired) electrons. The molecule has 22 heavy (non-hydrogen) atoms. The van der Waals surface area contributed by atoms with Crippen molar-refractivity contribution >= 4 is 23.6 Å². The Bertz CT molecular complexity index is 760. The summed E-state index contributed by atoms with van der Waals surface area (Å²) in [5.41, 5.74) is 2.98. The maximum Gasteiger partial charge on any atom is 0.337 e. The van der Waals surface area contributed by atoms with Crippen LogP contribution in [0.2, 0.25) is 0 Å². The molecule has 0 atom stereocenters. The van der Waals surface area contributed by atoms with E-state index >= 15 is 0 Å². The van der Waals surface area contributed by atoms with Crippen LogP contribution in [0.1, 0.15) is 27.3 Å². The Morgan fingerprint density at radius 1 is 1.27 bits per heavy atom. The van der Waals surface area contributed by atoms with E-state index in [4.69, 9.17) is 5.11 Å². The normalized spacial score (nSPS) is 10.9. The van der Waals surface area contributed by atoms with Gasteiger partial charge in [-0.25, -0.2) is 4.79 Å². The summed E-state index contributed by atoms with van der Waals surface area (Å²) in [7, 11) is 1.84. The van der Waals surface area contributed by atoms with Gasteiger partial charge in [-0.15, -0.1) is 0 Å². The molecule has 114 valence electrons. The fourth-order valence-corrected chi connectivity index (χ4v) is 2.14. The lowest BCUT2D eigenvalue weighted by Crippen LogP contribution is -2.11. The number of carbonyl (C=O) groups excluding carboxylic acids is 1. The van der Waals surface area contributed by atoms with Crippen LogP contribution in [0.25, 0.3) is 6.08 Å². The van der Waals surface area contributed by atoms with Crippen LogP contribution >= 0.6 is 0 Å². The zero-order valence-electron chi connectivity index (χ0n) is 12.6. The van der Waals surface area contributed by atoms with Gasteiger partial charge in [0.05, 0.1) is 16.9 Å². The van der Waals surface area contributed by atoms with E-state index in [-0.39, 0.29) is 11.3 Å². The third-order valence-electron chi connectivity index (χ3n) is 3.38. The standard InChI is InChI=1S/C16H17N3O3/c1-10-12(11(2)19(3)18-10)8-9-15(20)17-14-7-5-4-6-13(14)16(21)22/h4-9H,1-3H3,(H,17,20)(H,21,22). The Morgan fingerprint density at radius 3 is 2.55 bits per heavy atom. The van der Waals surface area contributed by atoms with Gasteiger partial charge in [-0.3, -0.25) is 9.48 Å². The summed E-state index contributed by atoms with van der Waals surface area (Å²) in [6.45, 7) is 3.78. The van der Waals surface area contributed by atoms with Gasteiger partial charge in [-0.2, -0.15) is 5.10 Å². The Balaban J connectivity index is 2.17. The lowest BCUT2D eigenvalue weighted by atomic mass is 10.1. The number of carboxylic acid groups (broad SMARTS) is 1. The molecule has 1 aromatic heterocycles. The first-order valence-corrected chi connectivity index (χ1v) is 6.71. The zero-order chi connectivity index (χ0) is 16.3. The molecule has 6 heteroatoms. The molecule has 2 N–H and O–H groups in total. The van der Waals surface area contributed by atoms with Crippen molar-refractivity contribution < 1.29 is 14.7 Å². The van der Waals surface area contributed by atoms with Crippen molar-refractivity contribution in [3.05, 3.63) is 52.9 Å². The van der Waals surface area contributed by atoms with E-state index in [1.54, 1.807) is 29.0 Å². The predicted molar refractivity (Wildman–Crippen MR) is 83.7 cm³/mol. The van der Waals surface area contributed by atoms with Crippen molar-refractivity contribution in [3.63, 3.8) is 0 Å². The van der Waals surface area contributed by atoms with Crippen LogP contribution in [-0.4, -0.2) is 26.8 Å². The highest BCUT2D eigenvalue weighted by Gasteiger charge is 2.11. The lowest BCUT2D eigenvalue weighted by Gasteiger charge is -2.05. The first-order chi connectivity index (χ1) is 10.4. The van der Waals surface area contributed by atoms with Crippen molar-refractivity contribution in [2.24, 2.45) is 7.05 Å². The molecule has 0 saturated carbocycles. The minimum Gasteiger partial charge on any atom is -0.478 e.